The number of nitrogens with zero attached hydrogens (tertiary/aromatic N) is 1. The Hall–Kier alpha value is -1.80. The maximum absolute atomic E-state index is 6.27. The molecule has 0 saturated carbocycles. The number of H-pyrrole nitrogens is 1. The molecule has 0 saturated heterocycles. The minimum absolute atomic E-state index is 0.251. The summed E-state index contributed by atoms with van der Waals surface area (Å²) < 4.78 is 0. The first-order valence-corrected chi connectivity index (χ1v) is 10.1. The van der Waals surface area contributed by atoms with Gasteiger partial charge < -0.3 is 4.98 Å². The Balaban J connectivity index is 2.49. The molecular weight excluding hydrogens is 340 g/mol. The zero-order chi connectivity index (χ0) is 19.1. The summed E-state index contributed by atoms with van der Waals surface area (Å²) in [5.74, 6) is 0.251. The molecule has 26 heavy (non-hydrogen) atoms. The summed E-state index contributed by atoms with van der Waals surface area (Å²) in [4.78, 5) is 8.20. The van der Waals surface area contributed by atoms with Crippen molar-refractivity contribution >= 4 is 28.7 Å². The van der Waals surface area contributed by atoms with E-state index >= 15 is 0 Å². The number of aryl methyl sites for hydroxylation is 1. The van der Waals surface area contributed by atoms with Crippen LogP contribution in [-0.2, 0) is 6.42 Å². The van der Waals surface area contributed by atoms with Crippen LogP contribution < -0.4 is 0 Å². The number of aromatic amines is 1. The summed E-state index contributed by atoms with van der Waals surface area (Å²) in [6.45, 7) is 12.7. The fourth-order valence-electron chi connectivity index (χ4n) is 3.23. The van der Waals surface area contributed by atoms with Crippen LogP contribution in [-0.4, -0.2) is 11.2 Å². The van der Waals surface area contributed by atoms with Crippen molar-refractivity contribution in [2.24, 2.45) is 4.99 Å². The summed E-state index contributed by atoms with van der Waals surface area (Å²) in [6, 6.07) is 6.12. The number of nitrogens with one attached hydrogen (secondary N) is 1. The zero-order valence-corrected chi connectivity index (χ0v) is 17.3. The number of allylic oxidation sites excluding steroid dienone is 3. The van der Waals surface area contributed by atoms with Gasteiger partial charge in [0.05, 0.1) is 0 Å². The molecule has 140 valence electrons. The van der Waals surface area contributed by atoms with Gasteiger partial charge in [0.25, 0.3) is 0 Å². The smallest absolute Gasteiger partial charge is 0.0460 e. The third-order valence-corrected chi connectivity index (χ3v) is 5.09. The molecule has 0 aliphatic carbocycles. The summed E-state index contributed by atoms with van der Waals surface area (Å²) >= 11 is 6.27. The van der Waals surface area contributed by atoms with Gasteiger partial charge in [0.2, 0.25) is 0 Å². The second kappa shape index (κ2) is 9.78. The molecule has 1 atom stereocenters. The summed E-state index contributed by atoms with van der Waals surface area (Å²) in [5.41, 5.74) is 5.98. The van der Waals surface area contributed by atoms with E-state index in [0.717, 1.165) is 35.5 Å². The van der Waals surface area contributed by atoms with Crippen LogP contribution in [0, 0.1) is 0 Å². The molecule has 0 aliphatic heterocycles. The quantitative estimate of drug-likeness (QED) is 0.440. The molecule has 0 bridgehead atoms. The van der Waals surface area contributed by atoms with Gasteiger partial charge in [0, 0.05) is 39.4 Å². The Morgan fingerprint density at radius 2 is 2.08 bits per heavy atom. The third kappa shape index (κ3) is 4.88. The lowest BCUT2D eigenvalue weighted by Gasteiger charge is -2.15. The third-order valence-electron chi connectivity index (χ3n) is 4.86. The molecule has 1 heterocycles. The predicted molar refractivity (Wildman–Crippen MR) is 117 cm³/mol. The molecule has 0 radical (unpaired) electrons. The van der Waals surface area contributed by atoms with Crippen LogP contribution in [0.5, 0.6) is 0 Å². The first kappa shape index (κ1) is 20.5. The lowest BCUT2D eigenvalue weighted by atomic mass is 9.92. The molecule has 2 nitrogen and oxygen atoms in total. The van der Waals surface area contributed by atoms with Crippen LogP contribution >= 0.6 is 11.6 Å². The van der Waals surface area contributed by atoms with Crippen molar-refractivity contribution in [1.82, 2.24) is 4.98 Å². The molecule has 0 aliphatic rings. The Bertz CT molecular complexity index is 811. The van der Waals surface area contributed by atoms with E-state index in [0.29, 0.717) is 0 Å². The normalized spacial score (nSPS) is 13.7. The van der Waals surface area contributed by atoms with Crippen LogP contribution in [0.25, 0.3) is 10.9 Å². The van der Waals surface area contributed by atoms with Crippen LogP contribution in [0.3, 0.4) is 0 Å². The minimum Gasteiger partial charge on any atom is -0.358 e. The van der Waals surface area contributed by atoms with Gasteiger partial charge in [-0.3, -0.25) is 4.99 Å². The first-order valence-electron chi connectivity index (χ1n) is 9.73. The maximum atomic E-state index is 6.27. The van der Waals surface area contributed by atoms with Gasteiger partial charge in [0.15, 0.2) is 0 Å². The molecule has 1 aromatic carbocycles. The Morgan fingerprint density at radius 1 is 1.31 bits per heavy atom. The molecule has 0 amide bonds. The fraction of sp³-hybridized carbons (Fsp3) is 0.435. The first-order chi connectivity index (χ1) is 12.5. The summed E-state index contributed by atoms with van der Waals surface area (Å²) in [5, 5.41) is 2.04. The van der Waals surface area contributed by atoms with Crippen molar-refractivity contribution in [1.29, 1.82) is 0 Å². The zero-order valence-electron chi connectivity index (χ0n) is 16.5. The van der Waals surface area contributed by atoms with Gasteiger partial charge in [-0.1, -0.05) is 58.4 Å². The molecule has 3 heteroatoms. The van der Waals surface area contributed by atoms with Gasteiger partial charge in [-0.25, -0.2) is 0 Å². The molecule has 1 aromatic heterocycles. The molecule has 1 unspecified atom stereocenters. The van der Waals surface area contributed by atoms with E-state index in [9.17, 15) is 0 Å². The predicted octanol–water partition coefficient (Wildman–Crippen LogP) is 7.60. The van der Waals surface area contributed by atoms with Crippen LogP contribution in [0.4, 0.5) is 0 Å². The number of unbranched alkanes of at least 4 members (excludes halogenated alkanes) is 1. The highest BCUT2D eigenvalue weighted by molar-refractivity contribution is 6.31. The van der Waals surface area contributed by atoms with Gasteiger partial charge >= 0.3 is 0 Å². The molecule has 0 fully saturated rings. The monoisotopic (exact) mass is 370 g/mol. The molecule has 2 rings (SSSR count). The van der Waals surface area contributed by atoms with E-state index in [1.54, 1.807) is 0 Å². The largest absolute Gasteiger partial charge is 0.358 e. The van der Waals surface area contributed by atoms with Crippen molar-refractivity contribution in [2.45, 2.75) is 65.7 Å². The van der Waals surface area contributed by atoms with Gasteiger partial charge in [-0.15, -0.1) is 0 Å². The second-order valence-corrected chi connectivity index (χ2v) is 7.26. The number of hydrogen-bond donors (Lipinski definition) is 1. The molecule has 1 N–H and O–H groups in total. The number of benzene rings is 1. The topological polar surface area (TPSA) is 28.1 Å². The second-order valence-electron chi connectivity index (χ2n) is 6.82. The standard InChI is InChI=1S/C23H31ClN2/c1-6-9-11-20-21-14-19(24)12-13-22(21)26-23(20)17(5)18(10-7-2)15-25-16(4)8-3/h10,12-15,17,26H,4,6-9,11H2,1-3,5H3/b18-10+,25-15?. The number of hydrogen-bond acceptors (Lipinski definition) is 1. The molecule has 0 spiro atoms. The highest BCUT2D eigenvalue weighted by Crippen LogP contribution is 2.34. The van der Waals surface area contributed by atoms with Crippen LogP contribution in [0.1, 0.15) is 70.6 Å². The lowest BCUT2D eigenvalue weighted by Crippen LogP contribution is -2.04. The molecule has 2 aromatic rings. The average molecular weight is 371 g/mol. The van der Waals surface area contributed by atoms with Crippen molar-refractivity contribution in [3.05, 3.63) is 58.4 Å². The fourth-order valence-corrected chi connectivity index (χ4v) is 3.41. The number of rotatable bonds is 9. The highest BCUT2D eigenvalue weighted by atomic mass is 35.5. The van der Waals surface area contributed by atoms with Crippen LogP contribution in [0.2, 0.25) is 5.02 Å². The lowest BCUT2D eigenvalue weighted by molar-refractivity contribution is 0.776. The highest BCUT2D eigenvalue weighted by Gasteiger charge is 2.19. The Morgan fingerprint density at radius 3 is 2.73 bits per heavy atom. The van der Waals surface area contributed by atoms with Crippen molar-refractivity contribution < 1.29 is 0 Å². The van der Waals surface area contributed by atoms with Crippen LogP contribution in [0.15, 0.2) is 47.1 Å². The maximum Gasteiger partial charge on any atom is 0.0460 e. The number of aromatic nitrogens is 1. The van der Waals surface area contributed by atoms with E-state index in [-0.39, 0.29) is 5.92 Å². The van der Waals surface area contributed by atoms with Gasteiger partial charge in [-0.2, -0.15) is 0 Å². The van der Waals surface area contributed by atoms with Crippen molar-refractivity contribution in [3.63, 3.8) is 0 Å². The van der Waals surface area contributed by atoms with E-state index in [4.69, 9.17) is 11.6 Å². The minimum atomic E-state index is 0.251. The number of halogens is 1. The van der Waals surface area contributed by atoms with Gasteiger partial charge in [-0.05, 0) is 55.0 Å². The summed E-state index contributed by atoms with van der Waals surface area (Å²) in [7, 11) is 0. The Kier molecular flexibility index (Phi) is 7.71. The number of aliphatic imine (C=N–C) groups is 1. The van der Waals surface area contributed by atoms with E-state index in [1.807, 2.05) is 12.3 Å². The van der Waals surface area contributed by atoms with Gasteiger partial charge in [0.1, 0.15) is 0 Å². The number of fused-ring (bicyclic) bond motifs is 1. The van der Waals surface area contributed by atoms with Crippen molar-refractivity contribution in [3.8, 4) is 0 Å². The van der Waals surface area contributed by atoms with E-state index in [1.165, 1.54) is 35.1 Å². The molecular formula is C23H31ClN2. The average Bonchev–Trinajstić information content (AvgIpc) is 3.00. The Labute approximate surface area is 163 Å². The van der Waals surface area contributed by atoms with E-state index in [2.05, 4.69) is 62.5 Å². The SMILES string of the molecule is C=C(CC)N=C/C(=C\CC)C(C)c1[nH]c2ccc(Cl)cc2c1CCCC. The summed E-state index contributed by atoms with van der Waals surface area (Å²) in [6.07, 6.45) is 9.52. The van der Waals surface area contributed by atoms with E-state index < -0.39 is 0 Å². The van der Waals surface area contributed by atoms with Crippen molar-refractivity contribution in [2.75, 3.05) is 0 Å².